The van der Waals surface area contributed by atoms with Crippen LogP contribution in [0.1, 0.15) is 5.56 Å². The number of hydrogen-bond donors (Lipinski definition) is 1. The van der Waals surface area contributed by atoms with Gasteiger partial charge in [-0.1, -0.05) is 66.7 Å². The van der Waals surface area contributed by atoms with E-state index in [1.54, 1.807) is 18.2 Å². The maximum absolute atomic E-state index is 13.0. The second-order valence-corrected chi connectivity index (χ2v) is 8.61. The Balaban J connectivity index is 1.36. The minimum atomic E-state index is -3.61. The summed E-state index contributed by atoms with van der Waals surface area (Å²) in [5, 5.41) is 4.29. The molecule has 0 bridgehead atoms. The van der Waals surface area contributed by atoms with E-state index in [1.807, 2.05) is 54.6 Å². The van der Waals surface area contributed by atoms with E-state index in [4.69, 9.17) is 4.74 Å². The number of benzene rings is 3. The summed E-state index contributed by atoms with van der Waals surface area (Å²) in [5.74, 6) is 0. The Morgan fingerprint density at radius 2 is 1.64 bits per heavy atom. The maximum atomic E-state index is 13.0. The monoisotopic (exact) mass is 396 g/mol. The summed E-state index contributed by atoms with van der Waals surface area (Å²) in [6.07, 6.45) is -0.545. The van der Waals surface area contributed by atoms with Crippen molar-refractivity contribution in [3.05, 3.63) is 78.4 Å². The first-order chi connectivity index (χ1) is 13.5. The molecule has 0 radical (unpaired) electrons. The molecule has 1 aliphatic rings. The Morgan fingerprint density at radius 1 is 0.964 bits per heavy atom. The van der Waals surface area contributed by atoms with E-state index in [-0.39, 0.29) is 30.6 Å². The number of sulfonamides is 1. The molecule has 0 aliphatic carbocycles. The molecule has 1 N–H and O–H groups in total. The summed E-state index contributed by atoms with van der Waals surface area (Å²) in [5.41, 5.74) is 0.895. The van der Waals surface area contributed by atoms with Crippen LogP contribution < -0.4 is 5.32 Å². The van der Waals surface area contributed by atoms with Crippen LogP contribution in [-0.2, 0) is 21.4 Å². The molecule has 3 aromatic rings. The topological polar surface area (TPSA) is 75.7 Å². The first kappa shape index (κ1) is 18.5. The van der Waals surface area contributed by atoms with Crippen LogP contribution in [0.15, 0.2) is 77.7 Å². The van der Waals surface area contributed by atoms with Crippen molar-refractivity contribution in [1.29, 1.82) is 0 Å². The van der Waals surface area contributed by atoms with Crippen molar-refractivity contribution in [1.82, 2.24) is 9.62 Å². The molecule has 0 saturated carbocycles. The average molecular weight is 396 g/mol. The lowest BCUT2D eigenvalue weighted by atomic mass is 10.1. The van der Waals surface area contributed by atoms with Crippen molar-refractivity contribution in [3.63, 3.8) is 0 Å². The Bertz CT molecular complexity index is 1090. The van der Waals surface area contributed by atoms with Gasteiger partial charge in [0.2, 0.25) is 10.0 Å². The summed E-state index contributed by atoms with van der Waals surface area (Å²) in [6.45, 7) is 0.634. The van der Waals surface area contributed by atoms with Gasteiger partial charge in [0.25, 0.3) is 0 Å². The van der Waals surface area contributed by atoms with Gasteiger partial charge in [0.15, 0.2) is 0 Å². The maximum Gasteiger partial charge on any atom is 0.407 e. The van der Waals surface area contributed by atoms with Crippen molar-refractivity contribution in [2.24, 2.45) is 0 Å². The zero-order valence-corrected chi connectivity index (χ0v) is 15.9. The number of carbonyl (C=O) groups is 1. The van der Waals surface area contributed by atoms with Crippen LogP contribution in [0.2, 0.25) is 0 Å². The summed E-state index contributed by atoms with van der Waals surface area (Å²) >= 11 is 0. The summed E-state index contributed by atoms with van der Waals surface area (Å²) in [7, 11) is -3.61. The van der Waals surface area contributed by atoms with Crippen LogP contribution in [0.3, 0.4) is 0 Å². The SMILES string of the molecule is O=C(NC1CN(S(=O)(=O)c2cccc3ccccc23)C1)OCc1ccccc1. The molecule has 7 heteroatoms. The van der Waals surface area contributed by atoms with E-state index < -0.39 is 16.1 Å². The number of nitrogens with one attached hydrogen (secondary N) is 1. The molecule has 1 amide bonds. The van der Waals surface area contributed by atoms with Gasteiger partial charge in [0.05, 0.1) is 10.9 Å². The van der Waals surface area contributed by atoms with Crippen molar-refractivity contribution < 1.29 is 17.9 Å². The number of alkyl carbamates (subject to hydrolysis) is 1. The van der Waals surface area contributed by atoms with Crippen LogP contribution >= 0.6 is 0 Å². The number of carbonyl (C=O) groups excluding carboxylic acids is 1. The van der Waals surface area contributed by atoms with E-state index in [9.17, 15) is 13.2 Å². The third-order valence-corrected chi connectivity index (χ3v) is 6.64. The van der Waals surface area contributed by atoms with Gasteiger partial charge in [-0.15, -0.1) is 0 Å². The first-order valence-corrected chi connectivity index (χ1v) is 10.4. The highest BCUT2D eigenvalue weighted by atomic mass is 32.2. The highest BCUT2D eigenvalue weighted by Crippen LogP contribution is 2.28. The molecule has 6 nitrogen and oxygen atoms in total. The molecule has 0 unspecified atom stereocenters. The predicted octanol–water partition coefficient (Wildman–Crippen LogP) is 3.14. The fourth-order valence-corrected chi connectivity index (χ4v) is 4.96. The van der Waals surface area contributed by atoms with Crippen molar-refractivity contribution in [2.45, 2.75) is 17.5 Å². The van der Waals surface area contributed by atoms with Crippen molar-refractivity contribution >= 4 is 26.9 Å². The number of ether oxygens (including phenoxy) is 1. The van der Waals surface area contributed by atoms with Crippen molar-refractivity contribution in [3.8, 4) is 0 Å². The Hall–Kier alpha value is -2.90. The van der Waals surface area contributed by atoms with Gasteiger partial charge in [-0.25, -0.2) is 13.2 Å². The molecular weight excluding hydrogens is 376 g/mol. The van der Waals surface area contributed by atoms with Gasteiger partial charge in [-0.2, -0.15) is 4.31 Å². The van der Waals surface area contributed by atoms with Crippen LogP contribution in [0, 0.1) is 0 Å². The zero-order chi connectivity index (χ0) is 19.6. The van der Waals surface area contributed by atoms with Gasteiger partial charge in [0, 0.05) is 18.5 Å². The number of amides is 1. The predicted molar refractivity (Wildman–Crippen MR) is 106 cm³/mol. The second-order valence-electron chi connectivity index (χ2n) is 6.70. The quantitative estimate of drug-likeness (QED) is 0.719. The minimum absolute atomic E-state index is 0.178. The van der Waals surface area contributed by atoms with E-state index in [1.165, 1.54) is 4.31 Å². The molecule has 3 aromatic carbocycles. The highest BCUT2D eigenvalue weighted by molar-refractivity contribution is 7.89. The number of hydrogen-bond acceptors (Lipinski definition) is 4. The van der Waals surface area contributed by atoms with E-state index in [2.05, 4.69) is 5.32 Å². The highest BCUT2D eigenvalue weighted by Gasteiger charge is 2.38. The summed E-state index contributed by atoms with van der Waals surface area (Å²) in [6, 6.07) is 21.8. The lowest BCUT2D eigenvalue weighted by molar-refractivity contribution is 0.123. The van der Waals surface area contributed by atoms with Gasteiger partial charge in [-0.05, 0) is 17.0 Å². The molecule has 0 atom stereocenters. The normalized spacial score (nSPS) is 15.1. The number of nitrogens with zero attached hydrogens (tertiary/aromatic N) is 1. The molecule has 1 aliphatic heterocycles. The second kappa shape index (κ2) is 7.61. The minimum Gasteiger partial charge on any atom is -0.445 e. The Labute approximate surface area is 163 Å². The summed E-state index contributed by atoms with van der Waals surface area (Å²) in [4.78, 5) is 12.2. The molecular formula is C21H20N2O4S. The average Bonchev–Trinajstić information content (AvgIpc) is 2.69. The number of rotatable bonds is 5. The van der Waals surface area contributed by atoms with Crippen molar-refractivity contribution in [2.75, 3.05) is 13.1 Å². The van der Waals surface area contributed by atoms with E-state index in [0.717, 1.165) is 10.9 Å². The van der Waals surface area contributed by atoms with Crippen LogP contribution in [0.25, 0.3) is 10.8 Å². The first-order valence-electron chi connectivity index (χ1n) is 8.99. The molecule has 1 heterocycles. The molecule has 0 spiro atoms. The summed E-state index contributed by atoms with van der Waals surface area (Å²) < 4.78 is 32.5. The van der Waals surface area contributed by atoms with E-state index >= 15 is 0 Å². The molecule has 28 heavy (non-hydrogen) atoms. The Kier molecular flexibility index (Phi) is 5.02. The molecule has 4 rings (SSSR count). The van der Waals surface area contributed by atoms with Gasteiger partial charge in [0.1, 0.15) is 6.61 Å². The molecule has 1 saturated heterocycles. The van der Waals surface area contributed by atoms with Gasteiger partial charge >= 0.3 is 6.09 Å². The zero-order valence-electron chi connectivity index (χ0n) is 15.1. The van der Waals surface area contributed by atoms with E-state index in [0.29, 0.717) is 5.39 Å². The lowest BCUT2D eigenvalue weighted by Gasteiger charge is -2.38. The van der Waals surface area contributed by atoms with Crippen LogP contribution in [0.4, 0.5) is 4.79 Å². The third-order valence-electron chi connectivity index (χ3n) is 4.75. The van der Waals surface area contributed by atoms with Crippen LogP contribution in [0.5, 0.6) is 0 Å². The lowest BCUT2D eigenvalue weighted by Crippen LogP contribution is -2.60. The molecule has 0 aromatic heterocycles. The smallest absolute Gasteiger partial charge is 0.407 e. The molecule has 1 fully saturated rings. The standard InChI is InChI=1S/C21H20N2O4S/c24-21(27-15-16-7-2-1-3-8-16)22-18-13-23(14-18)28(25,26)20-12-6-10-17-9-4-5-11-19(17)20/h1-12,18H,13-15H2,(H,22,24). The number of fused-ring (bicyclic) bond motifs is 1. The molecule has 144 valence electrons. The largest absolute Gasteiger partial charge is 0.445 e. The Morgan fingerprint density at radius 3 is 2.43 bits per heavy atom. The third kappa shape index (κ3) is 3.72. The fourth-order valence-electron chi connectivity index (χ4n) is 3.22. The van der Waals surface area contributed by atoms with Gasteiger partial charge in [-0.3, -0.25) is 0 Å². The van der Waals surface area contributed by atoms with Gasteiger partial charge < -0.3 is 10.1 Å². The van der Waals surface area contributed by atoms with Crippen LogP contribution in [-0.4, -0.2) is 37.9 Å². The fraction of sp³-hybridized carbons (Fsp3) is 0.190.